The molecule has 0 aromatic heterocycles. The number of hydrogen-bond donors (Lipinski definition) is 1. The maximum absolute atomic E-state index is 12.2. The van der Waals surface area contributed by atoms with E-state index in [1.54, 1.807) is 0 Å². The van der Waals surface area contributed by atoms with Crippen molar-refractivity contribution in [3.63, 3.8) is 0 Å². The molecule has 1 N–H and O–H groups in total. The molecule has 1 aromatic rings. The topological polar surface area (TPSA) is 35.6 Å². The van der Waals surface area contributed by atoms with Crippen molar-refractivity contribution < 1.29 is 4.79 Å². The highest BCUT2D eigenvalue weighted by Crippen LogP contribution is 2.27. The number of hydrogen-bond acceptors (Lipinski definition) is 3. The largest absolute Gasteiger partial charge is 0.342 e. The predicted octanol–water partition coefficient (Wildman–Crippen LogP) is 3.20. The first-order chi connectivity index (χ1) is 11.7. The molecule has 1 saturated carbocycles. The van der Waals surface area contributed by atoms with Crippen LogP contribution in [0.5, 0.6) is 0 Å². The van der Waals surface area contributed by atoms with E-state index >= 15 is 0 Å². The molecule has 0 bridgehead atoms. The Balaban J connectivity index is 0.00000169. The van der Waals surface area contributed by atoms with Gasteiger partial charge in [0.05, 0.1) is 6.54 Å². The second-order valence-electron chi connectivity index (χ2n) is 7.58. The molecule has 26 heavy (non-hydrogen) atoms. The summed E-state index contributed by atoms with van der Waals surface area (Å²) in [6.07, 6.45) is 4.94. The highest BCUT2D eigenvalue weighted by molar-refractivity contribution is 5.85. The van der Waals surface area contributed by atoms with Crippen LogP contribution >= 0.6 is 24.8 Å². The lowest BCUT2D eigenvalue weighted by molar-refractivity contribution is -0.131. The Bertz CT molecular complexity index is 517. The van der Waals surface area contributed by atoms with Crippen molar-refractivity contribution in [3.8, 4) is 0 Å². The molecule has 0 atom stereocenters. The molecule has 1 aliphatic carbocycles. The van der Waals surface area contributed by atoms with E-state index in [-0.39, 0.29) is 30.7 Å². The maximum Gasteiger partial charge on any atom is 0.236 e. The molecule has 1 amide bonds. The van der Waals surface area contributed by atoms with Crippen LogP contribution in [0.3, 0.4) is 0 Å². The predicted molar refractivity (Wildman–Crippen MR) is 112 cm³/mol. The van der Waals surface area contributed by atoms with Gasteiger partial charge in [-0.3, -0.25) is 4.79 Å². The third kappa shape index (κ3) is 7.83. The van der Waals surface area contributed by atoms with Gasteiger partial charge in [0, 0.05) is 26.2 Å². The van der Waals surface area contributed by atoms with Crippen LogP contribution in [0.4, 0.5) is 0 Å². The summed E-state index contributed by atoms with van der Waals surface area (Å²) in [5.41, 5.74) is 1.37. The van der Waals surface area contributed by atoms with Gasteiger partial charge < -0.3 is 15.1 Å². The van der Waals surface area contributed by atoms with Crippen LogP contribution in [0.1, 0.15) is 31.2 Å². The molecule has 3 rings (SSSR count). The van der Waals surface area contributed by atoms with Gasteiger partial charge in [0.2, 0.25) is 5.91 Å². The van der Waals surface area contributed by atoms with Crippen LogP contribution in [0.15, 0.2) is 30.3 Å². The number of carbonyl (C=O) groups is 1. The smallest absolute Gasteiger partial charge is 0.236 e. The number of halogens is 2. The van der Waals surface area contributed by atoms with Crippen LogP contribution in [0, 0.1) is 11.8 Å². The van der Waals surface area contributed by atoms with Crippen molar-refractivity contribution in [1.29, 1.82) is 0 Å². The lowest BCUT2D eigenvalue weighted by Gasteiger charge is -2.34. The lowest BCUT2D eigenvalue weighted by Crippen LogP contribution is -2.44. The molecule has 0 spiro atoms. The molecule has 0 radical (unpaired) electrons. The van der Waals surface area contributed by atoms with Gasteiger partial charge in [-0.1, -0.05) is 30.3 Å². The second kappa shape index (κ2) is 11.8. The average molecular weight is 402 g/mol. The first-order valence-corrected chi connectivity index (χ1v) is 9.41. The molecule has 6 heteroatoms. The summed E-state index contributed by atoms with van der Waals surface area (Å²) in [4.78, 5) is 16.7. The lowest BCUT2D eigenvalue weighted by atomic mass is 9.96. The van der Waals surface area contributed by atoms with E-state index in [0.29, 0.717) is 12.5 Å². The van der Waals surface area contributed by atoms with Gasteiger partial charge >= 0.3 is 0 Å². The number of rotatable bonds is 8. The van der Waals surface area contributed by atoms with Crippen LogP contribution < -0.4 is 5.32 Å². The number of amides is 1. The fourth-order valence-electron chi connectivity index (χ4n) is 3.58. The summed E-state index contributed by atoms with van der Waals surface area (Å²) in [5, 5.41) is 3.32. The number of carbonyl (C=O) groups excluding carboxylic acids is 1. The maximum atomic E-state index is 12.2. The Labute approximate surface area is 170 Å². The Morgan fingerprint density at radius 3 is 2.35 bits per heavy atom. The molecule has 1 saturated heterocycles. The number of nitrogens with one attached hydrogen (secondary N) is 1. The monoisotopic (exact) mass is 401 g/mol. The molecule has 4 nitrogen and oxygen atoms in total. The van der Waals surface area contributed by atoms with Crippen molar-refractivity contribution in [1.82, 2.24) is 15.1 Å². The minimum Gasteiger partial charge on any atom is -0.342 e. The van der Waals surface area contributed by atoms with Gasteiger partial charge in [-0.05, 0) is 56.7 Å². The average Bonchev–Trinajstić information content (AvgIpc) is 3.40. The van der Waals surface area contributed by atoms with Crippen LogP contribution in [-0.4, -0.2) is 55.5 Å². The van der Waals surface area contributed by atoms with E-state index in [9.17, 15) is 4.79 Å². The molecule has 0 unspecified atom stereocenters. The SMILES string of the molecule is CN(Cc1ccccc1)CC1CCN(C(=O)CNCC2CC2)CC1.Cl.Cl. The zero-order valence-electron chi connectivity index (χ0n) is 15.7. The van der Waals surface area contributed by atoms with Gasteiger partial charge in [0.1, 0.15) is 0 Å². The van der Waals surface area contributed by atoms with E-state index in [4.69, 9.17) is 0 Å². The fraction of sp³-hybridized carbons (Fsp3) is 0.650. The Morgan fingerprint density at radius 2 is 1.73 bits per heavy atom. The van der Waals surface area contributed by atoms with Crippen molar-refractivity contribution in [2.45, 2.75) is 32.2 Å². The summed E-state index contributed by atoms with van der Waals surface area (Å²) >= 11 is 0. The van der Waals surface area contributed by atoms with E-state index < -0.39 is 0 Å². The number of likely N-dealkylation sites (tertiary alicyclic amines) is 1. The van der Waals surface area contributed by atoms with Gasteiger partial charge in [-0.25, -0.2) is 0 Å². The highest BCUT2D eigenvalue weighted by atomic mass is 35.5. The Morgan fingerprint density at radius 1 is 1.08 bits per heavy atom. The van der Waals surface area contributed by atoms with Crippen LogP contribution in [-0.2, 0) is 11.3 Å². The number of piperidine rings is 1. The zero-order chi connectivity index (χ0) is 16.8. The Hall–Kier alpha value is -0.810. The third-order valence-electron chi connectivity index (χ3n) is 5.24. The minimum atomic E-state index is 0. The Kier molecular flexibility index (Phi) is 10.6. The molecule has 1 heterocycles. The molecular weight excluding hydrogens is 369 g/mol. The van der Waals surface area contributed by atoms with E-state index in [0.717, 1.165) is 51.5 Å². The molecule has 2 aliphatic rings. The molecule has 2 fully saturated rings. The number of benzene rings is 1. The standard InChI is InChI=1S/C20H31N3O.2ClH/c1-22(15-18-5-3-2-4-6-18)16-19-9-11-23(12-10-19)20(24)14-21-13-17-7-8-17;;/h2-6,17,19,21H,7-16H2,1H3;2*1H. The molecule has 148 valence electrons. The fourth-order valence-corrected chi connectivity index (χ4v) is 3.58. The molecule has 1 aliphatic heterocycles. The summed E-state index contributed by atoms with van der Waals surface area (Å²) in [7, 11) is 2.20. The summed E-state index contributed by atoms with van der Waals surface area (Å²) in [6.45, 7) is 5.52. The van der Waals surface area contributed by atoms with Crippen molar-refractivity contribution in [2.24, 2.45) is 11.8 Å². The van der Waals surface area contributed by atoms with E-state index in [2.05, 4.69) is 47.6 Å². The minimum absolute atomic E-state index is 0. The molecule has 1 aromatic carbocycles. The first-order valence-electron chi connectivity index (χ1n) is 9.41. The van der Waals surface area contributed by atoms with Crippen LogP contribution in [0.25, 0.3) is 0 Å². The quantitative estimate of drug-likeness (QED) is 0.726. The summed E-state index contributed by atoms with van der Waals surface area (Å²) in [5.74, 6) is 1.83. The van der Waals surface area contributed by atoms with Crippen LogP contribution in [0.2, 0.25) is 0 Å². The van der Waals surface area contributed by atoms with Crippen molar-refractivity contribution in [2.75, 3.05) is 39.8 Å². The van der Waals surface area contributed by atoms with Gasteiger partial charge in [0.15, 0.2) is 0 Å². The normalized spacial score (nSPS) is 17.5. The summed E-state index contributed by atoms with van der Waals surface area (Å²) in [6, 6.07) is 10.6. The van der Waals surface area contributed by atoms with E-state index in [1.807, 2.05) is 4.90 Å². The zero-order valence-corrected chi connectivity index (χ0v) is 17.4. The molecular formula is C20H33Cl2N3O. The second-order valence-corrected chi connectivity index (χ2v) is 7.58. The number of nitrogens with zero attached hydrogens (tertiary/aromatic N) is 2. The first kappa shape index (κ1) is 23.2. The third-order valence-corrected chi connectivity index (χ3v) is 5.24. The van der Waals surface area contributed by atoms with Gasteiger partial charge in [-0.2, -0.15) is 0 Å². The van der Waals surface area contributed by atoms with Crippen molar-refractivity contribution in [3.05, 3.63) is 35.9 Å². The van der Waals surface area contributed by atoms with Gasteiger partial charge in [-0.15, -0.1) is 24.8 Å². The summed E-state index contributed by atoms with van der Waals surface area (Å²) < 4.78 is 0. The van der Waals surface area contributed by atoms with Gasteiger partial charge in [0.25, 0.3) is 0 Å². The van der Waals surface area contributed by atoms with E-state index in [1.165, 1.54) is 18.4 Å². The highest BCUT2D eigenvalue weighted by Gasteiger charge is 2.24. The van der Waals surface area contributed by atoms with Crippen molar-refractivity contribution >= 4 is 30.7 Å².